The van der Waals surface area contributed by atoms with Gasteiger partial charge in [0.25, 0.3) is 5.91 Å². The van der Waals surface area contributed by atoms with E-state index in [4.69, 9.17) is 9.47 Å². The quantitative estimate of drug-likeness (QED) is 0.663. The number of benzene rings is 3. The van der Waals surface area contributed by atoms with Gasteiger partial charge in [0, 0.05) is 23.7 Å². The molecule has 29 heavy (non-hydrogen) atoms. The van der Waals surface area contributed by atoms with Gasteiger partial charge < -0.3 is 14.8 Å². The highest BCUT2D eigenvalue weighted by atomic mass is 19.1. The Morgan fingerprint density at radius 2 is 1.90 bits per heavy atom. The number of fused-ring (bicyclic) bond motifs is 1. The summed E-state index contributed by atoms with van der Waals surface area (Å²) in [5.74, 6) is -0.468. The van der Waals surface area contributed by atoms with Crippen LogP contribution in [0.15, 0.2) is 66.7 Å². The van der Waals surface area contributed by atoms with Gasteiger partial charge in [0.05, 0.1) is 12.7 Å². The van der Waals surface area contributed by atoms with Crippen LogP contribution >= 0.6 is 0 Å². The summed E-state index contributed by atoms with van der Waals surface area (Å²) in [6, 6.07) is 17.8. The van der Waals surface area contributed by atoms with E-state index >= 15 is 0 Å². The van der Waals surface area contributed by atoms with Crippen molar-refractivity contribution in [1.82, 2.24) is 0 Å². The molecule has 0 radical (unpaired) electrons. The van der Waals surface area contributed by atoms with Crippen molar-refractivity contribution in [2.24, 2.45) is 0 Å². The number of carbonyl (C=O) groups excluding carboxylic acids is 2. The minimum absolute atomic E-state index is 0.293. The van der Waals surface area contributed by atoms with Crippen molar-refractivity contribution in [3.63, 3.8) is 0 Å². The van der Waals surface area contributed by atoms with Gasteiger partial charge in [-0.1, -0.05) is 18.2 Å². The first-order valence-corrected chi connectivity index (χ1v) is 9.08. The molecule has 1 aliphatic rings. The number of amides is 1. The lowest BCUT2D eigenvalue weighted by atomic mass is 9.93. The molecule has 1 atom stereocenters. The van der Waals surface area contributed by atoms with Gasteiger partial charge in [-0.15, -0.1) is 0 Å². The lowest BCUT2D eigenvalue weighted by Crippen LogP contribution is -2.23. The number of halogens is 1. The van der Waals surface area contributed by atoms with Gasteiger partial charge in [-0.25, -0.2) is 9.18 Å². The lowest BCUT2D eigenvalue weighted by Gasteiger charge is -2.25. The number of carbonyl (C=O) groups is 2. The molecule has 3 aromatic carbocycles. The molecule has 6 heteroatoms. The highest BCUT2D eigenvalue weighted by molar-refractivity contribution is 6.05. The Morgan fingerprint density at radius 3 is 2.66 bits per heavy atom. The predicted octanol–water partition coefficient (Wildman–Crippen LogP) is 4.54. The van der Waals surface area contributed by atoms with Crippen molar-refractivity contribution in [1.29, 1.82) is 0 Å². The monoisotopic (exact) mass is 391 g/mol. The van der Waals surface area contributed by atoms with Crippen LogP contribution in [-0.2, 0) is 11.2 Å². The number of hydrogen-bond acceptors (Lipinski definition) is 4. The van der Waals surface area contributed by atoms with Crippen molar-refractivity contribution in [2.45, 2.75) is 12.5 Å². The summed E-state index contributed by atoms with van der Waals surface area (Å²) in [5.41, 5.74) is 2.89. The zero-order valence-corrected chi connectivity index (χ0v) is 15.6. The van der Waals surface area contributed by atoms with Crippen LogP contribution in [0.1, 0.15) is 37.9 Å². The summed E-state index contributed by atoms with van der Waals surface area (Å²) in [6.07, 6.45) is -0.111. The van der Waals surface area contributed by atoms with E-state index in [1.54, 1.807) is 61.7 Å². The predicted molar refractivity (Wildman–Crippen MR) is 106 cm³/mol. The van der Waals surface area contributed by atoms with Crippen LogP contribution in [-0.4, -0.2) is 19.0 Å². The summed E-state index contributed by atoms with van der Waals surface area (Å²) in [7, 11) is 1.56. The van der Waals surface area contributed by atoms with Crippen molar-refractivity contribution in [2.75, 3.05) is 12.4 Å². The van der Waals surface area contributed by atoms with E-state index in [0.29, 0.717) is 40.1 Å². The van der Waals surface area contributed by atoms with Crippen LogP contribution in [0.3, 0.4) is 0 Å². The summed E-state index contributed by atoms with van der Waals surface area (Å²) in [5, 5.41) is 2.82. The summed E-state index contributed by atoms with van der Waals surface area (Å²) < 4.78 is 23.8. The Hall–Kier alpha value is -3.67. The number of hydrogen-bond donors (Lipinski definition) is 1. The Balaban J connectivity index is 1.57. The van der Waals surface area contributed by atoms with Crippen LogP contribution in [0.25, 0.3) is 0 Å². The normalized spacial score (nSPS) is 15.2. The van der Waals surface area contributed by atoms with Crippen LogP contribution in [0, 0.1) is 5.82 Å². The highest BCUT2D eigenvalue weighted by Crippen LogP contribution is 2.31. The molecule has 0 saturated carbocycles. The van der Waals surface area contributed by atoms with Crippen LogP contribution in [0.2, 0.25) is 0 Å². The molecule has 0 fully saturated rings. The van der Waals surface area contributed by atoms with Gasteiger partial charge in [-0.05, 0) is 53.6 Å². The number of cyclic esters (lactones) is 1. The number of nitrogens with one attached hydrogen (secondary N) is 1. The molecule has 1 aliphatic heterocycles. The Labute approximate surface area is 167 Å². The molecule has 0 unspecified atom stereocenters. The third kappa shape index (κ3) is 3.96. The molecular weight excluding hydrogens is 373 g/mol. The van der Waals surface area contributed by atoms with E-state index in [-0.39, 0.29) is 11.7 Å². The van der Waals surface area contributed by atoms with E-state index < -0.39 is 12.1 Å². The SMILES string of the molecule is COc1cccc(NC(=O)c2ccc3c(c2)C[C@@H](c2ccc(F)cc2)OC3=O)c1. The Morgan fingerprint density at radius 1 is 1.10 bits per heavy atom. The van der Waals surface area contributed by atoms with Gasteiger partial charge in [0.1, 0.15) is 17.7 Å². The molecule has 1 amide bonds. The molecule has 5 nitrogen and oxygen atoms in total. The van der Waals surface area contributed by atoms with E-state index in [1.807, 2.05) is 0 Å². The zero-order valence-electron chi connectivity index (χ0n) is 15.6. The van der Waals surface area contributed by atoms with Crippen LogP contribution in [0.4, 0.5) is 10.1 Å². The Kier molecular flexibility index (Phi) is 4.99. The third-order valence-corrected chi connectivity index (χ3v) is 4.81. The van der Waals surface area contributed by atoms with Crippen LogP contribution < -0.4 is 10.1 Å². The first kappa shape index (κ1) is 18.7. The molecule has 0 bridgehead atoms. The summed E-state index contributed by atoms with van der Waals surface area (Å²) in [6.45, 7) is 0. The van der Waals surface area contributed by atoms with Crippen molar-refractivity contribution in [3.8, 4) is 5.75 Å². The summed E-state index contributed by atoms with van der Waals surface area (Å²) >= 11 is 0. The van der Waals surface area contributed by atoms with Gasteiger partial charge in [0.2, 0.25) is 0 Å². The zero-order chi connectivity index (χ0) is 20.4. The number of ether oxygens (including phenoxy) is 2. The van der Waals surface area contributed by atoms with Gasteiger partial charge in [-0.3, -0.25) is 4.79 Å². The second kappa shape index (κ2) is 7.75. The van der Waals surface area contributed by atoms with E-state index in [2.05, 4.69) is 5.32 Å². The standard InChI is InChI=1S/C23H18FNO4/c1-28-19-4-2-3-18(13-19)25-22(26)15-7-10-20-16(11-15)12-21(29-23(20)27)14-5-8-17(24)9-6-14/h2-11,13,21H,12H2,1H3,(H,25,26)/t21-/m0/s1. The van der Waals surface area contributed by atoms with E-state index in [9.17, 15) is 14.0 Å². The van der Waals surface area contributed by atoms with E-state index in [1.165, 1.54) is 12.1 Å². The average molecular weight is 391 g/mol. The topological polar surface area (TPSA) is 64.6 Å². The fraction of sp³-hybridized carbons (Fsp3) is 0.130. The van der Waals surface area contributed by atoms with Gasteiger partial charge in [0.15, 0.2) is 0 Å². The molecule has 0 saturated heterocycles. The van der Waals surface area contributed by atoms with E-state index in [0.717, 1.165) is 0 Å². The minimum Gasteiger partial charge on any atom is -0.497 e. The largest absolute Gasteiger partial charge is 0.497 e. The molecule has 1 N–H and O–H groups in total. The smallest absolute Gasteiger partial charge is 0.339 e. The van der Waals surface area contributed by atoms with Crippen molar-refractivity contribution >= 4 is 17.6 Å². The molecule has 3 aromatic rings. The maximum Gasteiger partial charge on any atom is 0.339 e. The number of methoxy groups -OCH3 is 1. The summed E-state index contributed by atoms with van der Waals surface area (Å²) in [4.78, 5) is 25.0. The van der Waals surface area contributed by atoms with Crippen molar-refractivity contribution < 1.29 is 23.5 Å². The van der Waals surface area contributed by atoms with Gasteiger partial charge in [-0.2, -0.15) is 0 Å². The fourth-order valence-electron chi connectivity index (χ4n) is 3.30. The molecule has 0 aliphatic carbocycles. The minimum atomic E-state index is -0.521. The molecular formula is C23H18FNO4. The maximum atomic E-state index is 13.2. The number of anilines is 1. The van der Waals surface area contributed by atoms with Crippen LogP contribution in [0.5, 0.6) is 5.75 Å². The molecule has 4 rings (SSSR count). The second-order valence-corrected chi connectivity index (χ2v) is 6.71. The average Bonchev–Trinajstić information content (AvgIpc) is 2.74. The second-order valence-electron chi connectivity index (χ2n) is 6.71. The third-order valence-electron chi connectivity index (χ3n) is 4.81. The molecule has 0 aromatic heterocycles. The van der Waals surface area contributed by atoms with Gasteiger partial charge >= 0.3 is 5.97 Å². The molecule has 146 valence electrons. The fourth-order valence-corrected chi connectivity index (χ4v) is 3.30. The first-order chi connectivity index (χ1) is 14.0. The number of rotatable bonds is 4. The number of esters is 1. The highest BCUT2D eigenvalue weighted by Gasteiger charge is 2.28. The maximum absolute atomic E-state index is 13.2. The molecule has 0 spiro atoms. The lowest BCUT2D eigenvalue weighted by molar-refractivity contribution is 0.0252. The Bertz CT molecular complexity index is 1080. The molecule has 1 heterocycles. The first-order valence-electron chi connectivity index (χ1n) is 9.08. The van der Waals surface area contributed by atoms with Crippen molar-refractivity contribution in [3.05, 3.63) is 94.8 Å².